The number of halogens is 1. The summed E-state index contributed by atoms with van der Waals surface area (Å²) < 4.78 is 22.2. The molecular formula is C29H41FN2O11. The summed E-state index contributed by atoms with van der Waals surface area (Å²) in [6, 6.07) is 0. The minimum atomic E-state index is -2.42. The van der Waals surface area contributed by atoms with Crippen LogP contribution < -0.4 is 5.32 Å². The first-order chi connectivity index (χ1) is 20.1. The lowest BCUT2D eigenvalue weighted by atomic mass is 9.44. The fourth-order valence-electron chi connectivity index (χ4n) is 8.01. The maximum Gasteiger partial charge on any atom is 0.325 e. The van der Waals surface area contributed by atoms with Crippen LogP contribution in [0.1, 0.15) is 65.2 Å². The molecule has 0 bridgehead atoms. The van der Waals surface area contributed by atoms with Gasteiger partial charge in [-0.05, 0) is 63.5 Å². The van der Waals surface area contributed by atoms with Crippen LogP contribution in [-0.4, -0.2) is 97.8 Å². The molecule has 4 aliphatic carbocycles. The zero-order valence-corrected chi connectivity index (χ0v) is 24.3. The Balaban J connectivity index is 1.35. The average Bonchev–Trinajstić information content (AvgIpc) is 3.14. The first kappa shape index (κ1) is 33.3. The van der Waals surface area contributed by atoms with Gasteiger partial charge in [0.15, 0.2) is 23.7 Å². The number of amides is 1. The Bertz CT molecular complexity index is 1190. The molecule has 0 spiro atoms. The molecule has 240 valence electrons. The van der Waals surface area contributed by atoms with Gasteiger partial charge in [0.2, 0.25) is 11.7 Å². The highest BCUT2D eigenvalue weighted by atomic mass is 19.1. The number of unbranched alkanes of at least 4 members (excludes halogenated alkanes) is 2. The molecule has 4 rings (SSSR count). The number of hydrogen-bond acceptors (Lipinski definition) is 12. The molecule has 0 saturated heterocycles. The number of nitrogens with zero attached hydrogens (tertiary/aromatic N) is 1. The standard InChI is InChI=1S/C29H41FN2O11/c1-26-10-9-18(33)12-17(26)7-8-19-20-13-21(34)29(39,27(20,2)14-22(35)28(19,26)30)23(36)16-42-25(38)15-31-24(37)6-4-3-5-11-43-32(40)41/h9-10,12,19-22,34-35,39-41H,3-8,11,13-16H2,1-2H3,(H,31,37)/t19-,20-,21+,22-,26-,27-,28-,29-/m0/s1. The van der Waals surface area contributed by atoms with Crippen LogP contribution >= 0.6 is 0 Å². The number of hydrogen-bond donors (Lipinski definition) is 6. The van der Waals surface area contributed by atoms with E-state index >= 15 is 4.39 Å². The van der Waals surface area contributed by atoms with Crippen molar-refractivity contribution in [2.75, 3.05) is 19.8 Å². The number of allylic oxidation sites excluding steroid dienone is 4. The summed E-state index contributed by atoms with van der Waals surface area (Å²) in [7, 11) is 0. The van der Waals surface area contributed by atoms with Gasteiger partial charge in [0.25, 0.3) is 0 Å². The Labute approximate surface area is 248 Å². The highest BCUT2D eigenvalue weighted by Crippen LogP contribution is 2.69. The molecule has 14 heteroatoms. The van der Waals surface area contributed by atoms with Crippen LogP contribution in [0.3, 0.4) is 0 Å². The minimum Gasteiger partial charge on any atom is -0.456 e. The van der Waals surface area contributed by atoms with E-state index in [4.69, 9.17) is 15.2 Å². The van der Waals surface area contributed by atoms with Gasteiger partial charge in [-0.25, -0.2) is 4.39 Å². The third-order valence-electron chi connectivity index (χ3n) is 10.3. The first-order valence-electron chi connectivity index (χ1n) is 14.6. The number of fused-ring (bicyclic) bond motifs is 5. The van der Waals surface area contributed by atoms with Gasteiger partial charge in [-0.1, -0.05) is 25.0 Å². The molecule has 3 saturated carbocycles. The zero-order valence-electron chi connectivity index (χ0n) is 24.3. The van der Waals surface area contributed by atoms with Crippen molar-refractivity contribution in [1.82, 2.24) is 10.7 Å². The average molecular weight is 613 g/mol. The SMILES string of the molecule is C[C@]12C=CC(=O)C=C1CC[C@H]1[C@@H]3C[C@@H](O)[C@](O)(C(=O)COC(=O)CNC(=O)CCCCCON(O)O)[C@@]3(C)C[C@H](O)[C@@]12F. The van der Waals surface area contributed by atoms with Crippen LogP contribution in [-0.2, 0) is 28.8 Å². The van der Waals surface area contributed by atoms with E-state index in [2.05, 4.69) is 10.2 Å². The second-order valence-electron chi connectivity index (χ2n) is 12.5. The molecule has 0 aromatic rings. The van der Waals surface area contributed by atoms with Gasteiger partial charge in [-0.2, -0.15) is 0 Å². The van der Waals surface area contributed by atoms with Crippen LogP contribution in [0.2, 0.25) is 0 Å². The van der Waals surface area contributed by atoms with Crippen molar-refractivity contribution in [2.24, 2.45) is 22.7 Å². The molecule has 0 heterocycles. The summed E-state index contributed by atoms with van der Waals surface area (Å²) in [4.78, 5) is 54.0. The summed E-state index contributed by atoms with van der Waals surface area (Å²) in [5.41, 5.74) is -6.75. The molecule has 0 aromatic heterocycles. The van der Waals surface area contributed by atoms with Crippen LogP contribution in [0.5, 0.6) is 0 Å². The smallest absolute Gasteiger partial charge is 0.325 e. The molecule has 0 unspecified atom stereocenters. The van der Waals surface area contributed by atoms with Crippen LogP contribution in [0.4, 0.5) is 4.39 Å². The zero-order chi connectivity index (χ0) is 31.8. The Morgan fingerprint density at radius 2 is 1.84 bits per heavy atom. The second-order valence-corrected chi connectivity index (χ2v) is 12.5. The molecule has 13 nitrogen and oxygen atoms in total. The van der Waals surface area contributed by atoms with Crippen LogP contribution in [0, 0.1) is 22.7 Å². The predicted octanol–water partition coefficient (Wildman–Crippen LogP) is 0.860. The van der Waals surface area contributed by atoms with Gasteiger partial charge in [-0.3, -0.25) is 34.4 Å². The molecule has 43 heavy (non-hydrogen) atoms. The minimum absolute atomic E-state index is 0.0429. The lowest BCUT2D eigenvalue weighted by Gasteiger charge is -2.62. The lowest BCUT2D eigenvalue weighted by Crippen LogP contribution is -2.69. The van der Waals surface area contributed by atoms with E-state index in [1.54, 1.807) is 13.8 Å². The molecule has 1 amide bonds. The molecule has 4 aliphatic rings. The molecule has 0 aliphatic heterocycles. The summed E-state index contributed by atoms with van der Waals surface area (Å²) in [5, 5.41) is 52.9. The third kappa shape index (κ3) is 5.70. The quantitative estimate of drug-likeness (QED) is 0.103. The van der Waals surface area contributed by atoms with E-state index in [9.17, 15) is 34.5 Å². The molecule has 0 aromatic carbocycles. The molecule has 8 atom stereocenters. The van der Waals surface area contributed by atoms with Crippen molar-refractivity contribution in [3.8, 4) is 0 Å². The van der Waals surface area contributed by atoms with E-state index in [1.165, 1.54) is 18.2 Å². The largest absolute Gasteiger partial charge is 0.456 e. The monoisotopic (exact) mass is 612 g/mol. The Kier molecular flexibility index (Phi) is 9.62. The van der Waals surface area contributed by atoms with E-state index in [0.29, 0.717) is 31.3 Å². The number of alkyl halides is 1. The molecule has 3 fully saturated rings. The van der Waals surface area contributed by atoms with E-state index < -0.39 is 82.3 Å². The van der Waals surface area contributed by atoms with E-state index in [-0.39, 0.29) is 38.1 Å². The summed E-state index contributed by atoms with van der Waals surface area (Å²) >= 11 is 0. The maximum absolute atomic E-state index is 17.2. The highest BCUT2D eigenvalue weighted by Gasteiger charge is 2.76. The summed E-state index contributed by atoms with van der Waals surface area (Å²) in [6.45, 7) is 1.80. The molecule has 0 radical (unpaired) electrons. The van der Waals surface area contributed by atoms with Gasteiger partial charge < -0.3 is 25.4 Å². The fourth-order valence-corrected chi connectivity index (χ4v) is 8.01. The number of rotatable bonds is 12. The van der Waals surface area contributed by atoms with E-state index in [1.807, 2.05) is 0 Å². The third-order valence-corrected chi connectivity index (χ3v) is 10.3. The maximum atomic E-state index is 17.2. The Hall–Kier alpha value is -2.59. The van der Waals surface area contributed by atoms with Crippen molar-refractivity contribution in [3.05, 3.63) is 23.8 Å². The van der Waals surface area contributed by atoms with Crippen molar-refractivity contribution in [3.63, 3.8) is 0 Å². The normalized spacial score (nSPS) is 38.2. The highest BCUT2D eigenvalue weighted by molar-refractivity contribution is 6.01. The number of nitrogens with one attached hydrogen (secondary N) is 1. The predicted molar refractivity (Wildman–Crippen MR) is 144 cm³/mol. The van der Waals surface area contributed by atoms with Gasteiger partial charge in [0, 0.05) is 23.2 Å². The number of ketones is 2. The molecule has 6 N–H and O–H groups in total. The van der Waals surface area contributed by atoms with Gasteiger partial charge in [-0.15, -0.1) is 0 Å². The molecular weight excluding hydrogens is 571 g/mol. The van der Waals surface area contributed by atoms with Crippen molar-refractivity contribution in [2.45, 2.75) is 88.7 Å². The van der Waals surface area contributed by atoms with Crippen molar-refractivity contribution >= 4 is 23.4 Å². The number of aliphatic hydroxyl groups is 3. The number of Topliss-reactive ketones (excluding diaryl/α,β-unsaturated/α-hetero) is 1. The van der Waals surface area contributed by atoms with Gasteiger partial charge >= 0.3 is 5.97 Å². The van der Waals surface area contributed by atoms with Gasteiger partial charge in [0.1, 0.15) is 6.54 Å². The van der Waals surface area contributed by atoms with Crippen molar-refractivity contribution < 1.29 is 58.9 Å². The fraction of sp³-hybridized carbons (Fsp3) is 0.724. The number of esters is 1. The first-order valence-corrected chi connectivity index (χ1v) is 14.6. The number of carbonyl (C=O) groups excluding carboxylic acids is 4. The number of ether oxygens (including phenoxy) is 1. The summed E-state index contributed by atoms with van der Waals surface area (Å²) in [5.74, 6) is -4.15. The van der Waals surface area contributed by atoms with Crippen molar-refractivity contribution in [1.29, 1.82) is 0 Å². The van der Waals surface area contributed by atoms with Crippen LogP contribution in [0.15, 0.2) is 23.8 Å². The topological polar surface area (TPSA) is 203 Å². The Morgan fingerprint density at radius 1 is 1.12 bits per heavy atom. The lowest BCUT2D eigenvalue weighted by molar-refractivity contribution is -0.492. The van der Waals surface area contributed by atoms with Crippen LogP contribution in [0.25, 0.3) is 0 Å². The van der Waals surface area contributed by atoms with E-state index in [0.717, 1.165) is 0 Å². The number of aliphatic hydroxyl groups excluding tert-OH is 2. The Morgan fingerprint density at radius 3 is 2.53 bits per heavy atom. The number of carbonyl (C=O) groups is 4. The summed E-state index contributed by atoms with van der Waals surface area (Å²) in [6.07, 6.45) is 2.68. The second kappa shape index (κ2) is 12.4. The van der Waals surface area contributed by atoms with Gasteiger partial charge in [0.05, 0.1) is 24.2 Å².